The van der Waals surface area contributed by atoms with Gasteiger partial charge in [-0.2, -0.15) is 0 Å². The molecular weight excluding hydrogens is 247 g/mol. The number of ether oxygens (including phenoxy) is 1. The van der Waals surface area contributed by atoms with Gasteiger partial charge in [0.2, 0.25) is 5.91 Å². The van der Waals surface area contributed by atoms with Crippen LogP contribution in [0, 0.1) is 5.82 Å². The van der Waals surface area contributed by atoms with E-state index in [-0.39, 0.29) is 11.7 Å². The molecule has 0 radical (unpaired) electrons. The Morgan fingerprint density at radius 3 is 2.79 bits per heavy atom. The maximum absolute atomic E-state index is 14.0. The van der Waals surface area contributed by atoms with Gasteiger partial charge in [-0.25, -0.2) is 4.39 Å². The van der Waals surface area contributed by atoms with Crippen molar-refractivity contribution in [2.75, 3.05) is 31.2 Å². The van der Waals surface area contributed by atoms with E-state index in [1.807, 2.05) is 11.0 Å². The maximum Gasteiger partial charge on any atom is 0.219 e. The number of nitrogens with one attached hydrogen (secondary N) is 1. The van der Waals surface area contributed by atoms with Crippen LogP contribution in [0.2, 0.25) is 0 Å². The summed E-state index contributed by atoms with van der Waals surface area (Å²) in [6, 6.07) is 5.11. The number of hydrogen-bond donors (Lipinski definition) is 1. The number of carbonyl (C=O) groups excluding carboxylic acids is 1. The number of anilines is 1. The number of benzene rings is 1. The smallest absolute Gasteiger partial charge is 0.219 e. The minimum Gasteiger partial charge on any atom is -0.378 e. The number of nitrogens with zero attached hydrogens (tertiary/aromatic N) is 1. The van der Waals surface area contributed by atoms with Crippen molar-refractivity contribution >= 4 is 11.6 Å². The second-order valence-corrected chi connectivity index (χ2v) is 4.52. The minimum atomic E-state index is -0.245. The highest BCUT2D eigenvalue weighted by Gasteiger charge is 2.15. The summed E-state index contributed by atoms with van der Waals surface area (Å²) < 4.78 is 19.3. The SMILES string of the molecule is CCC(=O)NCc1ccc(N2CCOCC2)c(F)c1. The molecule has 0 atom stereocenters. The van der Waals surface area contributed by atoms with Crippen LogP contribution in [-0.2, 0) is 16.1 Å². The van der Waals surface area contributed by atoms with Crippen LogP contribution in [0.5, 0.6) is 0 Å². The van der Waals surface area contributed by atoms with Crippen LogP contribution in [0.4, 0.5) is 10.1 Å². The molecule has 1 fully saturated rings. The van der Waals surface area contributed by atoms with Crippen molar-refractivity contribution in [2.45, 2.75) is 19.9 Å². The maximum atomic E-state index is 14.0. The summed E-state index contributed by atoms with van der Waals surface area (Å²) in [5, 5.41) is 2.74. The quantitative estimate of drug-likeness (QED) is 0.901. The molecule has 1 aliphatic rings. The van der Waals surface area contributed by atoms with E-state index in [2.05, 4.69) is 5.32 Å². The summed E-state index contributed by atoms with van der Waals surface area (Å²) in [5.41, 5.74) is 1.38. The van der Waals surface area contributed by atoms with Gasteiger partial charge in [0.1, 0.15) is 5.82 Å². The molecule has 1 aliphatic heterocycles. The first-order valence-corrected chi connectivity index (χ1v) is 6.58. The fourth-order valence-electron chi connectivity index (χ4n) is 2.05. The van der Waals surface area contributed by atoms with E-state index in [1.54, 1.807) is 13.0 Å². The van der Waals surface area contributed by atoms with E-state index in [1.165, 1.54) is 6.07 Å². The molecule has 1 aromatic carbocycles. The zero-order valence-corrected chi connectivity index (χ0v) is 11.1. The molecule has 1 saturated heterocycles. The largest absolute Gasteiger partial charge is 0.378 e. The second kappa shape index (κ2) is 6.52. The van der Waals surface area contributed by atoms with E-state index in [4.69, 9.17) is 4.74 Å². The van der Waals surface area contributed by atoms with Gasteiger partial charge in [0, 0.05) is 26.1 Å². The number of hydrogen-bond acceptors (Lipinski definition) is 3. The molecule has 0 unspecified atom stereocenters. The van der Waals surface area contributed by atoms with Gasteiger partial charge in [-0.15, -0.1) is 0 Å². The van der Waals surface area contributed by atoms with Gasteiger partial charge < -0.3 is 15.0 Å². The first-order valence-electron chi connectivity index (χ1n) is 6.58. The predicted molar refractivity (Wildman–Crippen MR) is 71.6 cm³/mol. The Bertz CT molecular complexity index is 445. The van der Waals surface area contributed by atoms with E-state index in [0.29, 0.717) is 45.0 Å². The molecule has 0 aliphatic carbocycles. The average Bonchev–Trinajstić information content (AvgIpc) is 2.45. The van der Waals surface area contributed by atoms with Gasteiger partial charge in [-0.3, -0.25) is 4.79 Å². The van der Waals surface area contributed by atoms with Crippen molar-refractivity contribution in [3.63, 3.8) is 0 Å². The summed E-state index contributed by atoms with van der Waals surface area (Å²) in [5.74, 6) is -0.275. The van der Waals surface area contributed by atoms with Crippen LogP contribution < -0.4 is 10.2 Å². The molecule has 4 nitrogen and oxygen atoms in total. The van der Waals surface area contributed by atoms with Crippen LogP contribution in [0.15, 0.2) is 18.2 Å². The Balaban J connectivity index is 2.01. The van der Waals surface area contributed by atoms with Crippen LogP contribution in [-0.4, -0.2) is 32.2 Å². The topological polar surface area (TPSA) is 41.6 Å². The lowest BCUT2D eigenvalue weighted by atomic mass is 10.1. The summed E-state index contributed by atoms with van der Waals surface area (Å²) >= 11 is 0. The summed E-state index contributed by atoms with van der Waals surface area (Å²) in [6.07, 6.45) is 0.439. The highest BCUT2D eigenvalue weighted by Crippen LogP contribution is 2.21. The van der Waals surface area contributed by atoms with E-state index < -0.39 is 0 Å². The molecular formula is C14H19FN2O2. The first-order chi connectivity index (χ1) is 9.20. The Morgan fingerprint density at radius 1 is 1.42 bits per heavy atom. The van der Waals surface area contributed by atoms with Gasteiger partial charge in [0.15, 0.2) is 0 Å². The normalized spacial score (nSPS) is 15.4. The van der Waals surface area contributed by atoms with Crippen LogP contribution in [0.25, 0.3) is 0 Å². The van der Waals surface area contributed by atoms with Gasteiger partial charge in [0.25, 0.3) is 0 Å². The molecule has 1 aromatic rings. The van der Waals surface area contributed by atoms with Crippen molar-refractivity contribution in [3.05, 3.63) is 29.6 Å². The van der Waals surface area contributed by atoms with Crippen molar-refractivity contribution in [2.24, 2.45) is 0 Å². The fraction of sp³-hybridized carbons (Fsp3) is 0.500. The monoisotopic (exact) mass is 266 g/mol. The highest BCUT2D eigenvalue weighted by molar-refractivity contribution is 5.75. The average molecular weight is 266 g/mol. The third-order valence-corrected chi connectivity index (χ3v) is 3.17. The van der Waals surface area contributed by atoms with Gasteiger partial charge >= 0.3 is 0 Å². The Hall–Kier alpha value is -1.62. The molecule has 1 heterocycles. The minimum absolute atomic E-state index is 0.0299. The molecule has 19 heavy (non-hydrogen) atoms. The number of morpholine rings is 1. The fourth-order valence-corrected chi connectivity index (χ4v) is 2.05. The molecule has 0 bridgehead atoms. The van der Waals surface area contributed by atoms with Gasteiger partial charge in [0.05, 0.1) is 18.9 Å². The highest BCUT2D eigenvalue weighted by atomic mass is 19.1. The zero-order chi connectivity index (χ0) is 13.7. The molecule has 5 heteroatoms. The number of amides is 1. The molecule has 0 spiro atoms. The molecule has 1 amide bonds. The number of carbonyl (C=O) groups is 1. The summed E-state index contributed by atoms with van der Waals surface area (Å²) in [6.45, 7) is 4.84. The lowest BCUT2D eigenvalue weighted by Gasteiger charge is -2.29. The van der Waals surface area contributed by atoms with Crippen molar-refractivity contribution in [1.82, 2.24) is 5.32 Å². The van der Waals surface area contributed by atoms with E-state index in [9.17, 15) is 9.18 Å². The van der Waals surface area contributed by atoms with Crippen LogP contribution >= 0.6 is 0 Å². The predicted octanol–water partition coefficient (Wildman–Crippen LogP) is 1.69. The standard InChI is InChI=1S/C14H19FN2O2/c1-2-14(18)16-10-11-3-4-13(12(15)9-11)17-5-7-19-8-6-17/h3-4,9H,2,5-8,10H2,1H3,(H,16,18). The van der Waals surface area contributed by atoms with Crippen molar-refractivity contribution in [3.8, 4) is 0 Å². The Kier molecular flexibility index (Phi) is 4.74. The summed E-state index contributed by atoms with van der Waals surface area (Å²) in [4.78, 5) is 13.1. The van der Waals surface area contributed by atoms with E-state index >= 15 is 0 Å². The van der Waals surface area contributed by atoms with E-state index in [0.717, 1.165) is 5.56 Å². The van der Waals surface area contributed by atoms with Crippen LogP contribution in [0.1, 0.15) is 18.9 Å². The second-order valence-electron chi connectivity index (χ2n) is 4.52. The molecule has 1 N–H and O–H groups in total. The molecule has 0 aromatic heterocycles. The third-order valence-electron chi connectivity index (χ3n) is 3.17. The van der Waals surface area contributed by atoms with Crippen molar-refractivity contribution < 1.29 is 13.9 Å². The van der Waals surface area contributed by atoms with Crippen molar-refractivity contribution in [1.29, 1.82) is 0 Å². The molecule has 0 saturated carbocycles. The summed E-state index contributed by atoms with van der Waals surface area (Å²) in [7, 11) is 0. The Labute approximate surface area is 112 Å². The molecule has 104 valence electrons. The third kappa shape index (κ3) is 3.67. The number of halogens is 1. The Morgan fingerprint density at radius 2 is 2.16 bits per heavy atom. The van der Waals surface area contributed by atoms with Crippen LogP contribution in [0.3, 0.4) is 0 Å². The van der Waals surface area contributed by atoms with Gasteiger partial charge in [-0.05, 0) is 17.7 Å². The van der Waals surface area contributed by atoms with Gasteiger partial charge in [-0.1, -0.05) is 13.0 Å². The molecule has 2 rings (SSSR count). The number of rotatable bonds is 4. The lowest BCUT2D eigenvalue weighted by molar-refractivity contribution is -0.120. The first kappa shape index (κ1) is 13.8. The lowest BCUT2D eigenvalue weighted by Crippen LogP contribution is -2.36. The zero-order valence-electron chi connectivity index (χ0n) is 11.1.